The Kier molecular flexibility index (Phi) is 6.97. The summed E-state index contributed by atoms with van der Waals surface area (Å²) in [5, 5.41) is 3.24. The van der Waals surface area contributed by atoms with E-state index in [1.165, 1.54) is 11.8 Å². The number of rotatable bonds is 6. The van der Waals surface area contributed by atoms with Gasteiger partial charge in [-0.25, -0.2) is 4.79 Å². The van der Waals surface area contributed by atoms with Crippen LogP contribution in [0.1, 0.15) is 10.4 Å². The molecule has 7 heteroatoms. The summed E-state index contributed by atoms with van der Waals surface area (Å²) in [4.78, 5) is 30.0. The van der Waals surface area contributed by atoms with E-state index in [1.54, 1.807) is 31.0 Å². The van der Waals surface area contributed by atoms with Gasteiger partial charge in [0.2, 0.25) is 0 Å². The Morgan fingerprint density at radius 1 is 1.00 bits per heavy atom. The highest BCUT2D eigenvalue weighted by atomic mass is 32.2. The lowest BCUT2D eigenvalue weighted by Crippen LogP contribution is -2.49. The third-order valence-corrected chi connectivity index (χ3v) is 8.11. The van der Waals surface area contributed by atoms with Crippen LogP contribution in [0.2, 0.25) is 0 Å². The van der Waals surface area contributed by atoms with E-state index in [1.807, 2.05) is 71.6 Å². The lowest BCUT2D eigenvalue weighted by Gasteiger charge is -2.40. The first-order valence-electron chi connectivity index (χ1n) is 11.2. The van der Waals surface area contributed by atoms with Crippen molar-refractivity contribution in [2.45, 2.75) is 21.1 Å². The molecule has 3 aromatic carbocycles. The number of Topliss-reactive ketones (excluding diaryl/α,β-unsaturated/α-hetero) is 1. The summed E-state index contributed by atoms with van der Waals surface area (Å²) in [6.07, 6.45) is 8.24. The van der Waals surface area contributed by atoms with Gasteiger partial charge in [0.15, 0.2) is 5.78 Å². The molecule has 0 bridgehead atoms. The molecule has 1 aliphatic heterocycles. The van der Waals surface area contributed by atoms with Gasteiger partial charge in [0.05, 0.1) is 29.8 Å². The number of hydrogen-bond donors (Lipinski definition) is 1. The minimum atomic E-state index is -0.178. The maximum atomic E-state index is 13.5. The lowest BCUT2D eigenvalue weighted by molar-refractivity contribution is 0.102. The molecular weight excluding hydrogens is 476 g/mol. The average Bonchev–Trinajstić information content (AvgIpc) is 2.90. The fourth-order valence-corrected chi connectivity index (χ4v) is 6.21. The van der Waals surface area contributed by atoms with Gasteiger partial charge in [0.25, 0.3) is 0 Å². The number of fused-ring (bicyclic) bond motifs is 2. The highest BCUT2D eigenvalue weighted by molar-refractivity contribution is 8.00. The topological polar surface area (TPSA) is 58.6 Å². The van der Waals surface area contributed by atoms with Crippen molar-refractivity contribution in [3.05, 3.63) is 103 Å². The van der Waals surface area contributed by atoms with E-state index < -0.39 is 0 Å². The number of hydrogen-bond acceptors (Lipinski definition) is 5. The number of amides is 2. The van der Waals surface area contributed by atoms with Gasteiger partial charge in [0.1, 0.15) is 5.75 Å². The molecule has 2 aliphatic rings. The molecule has 2 unspecified atom stereocenters. The molecule has 2 atom stereocenters. The summed E-state index contributed by atoms with van der Waals surface area (Å²) >= 11 is 3.22. The molecule has 0 aromatic heterocycles. The molecule has 1 N–H and O–H groups in total. The summed E-state index contributed by atoms with van der Waals surface area (Å²) < 4.78 is 5.21. The number of methoxy groups -OCH3 is 1. The van der Waals surface area contributed by atoms with Crippen LogP contribution in [0, 0.1) is 0 Å². The molecule has 0 spiro atoms. The average molecular weight is 501 g/mol. The van der Waals surface area contributed by atoms with Crippen molar-refractivity contribution in [1.29, 1.82) is 0 Å². The third kappa shape index (κ3) is 5.16. The monoisotopic (exact) mass is 500 g/mol. The number of nitrogens with zero attached hydrogens (tertiary/aromatic N) is 1. The number of nitrogens with one attached hydrogen (secondary N) is 1. The quantitative estimate of drug-likeness (QED) is 0.302. The van der Waals surface area contributed by atoms with Gasteiger partial charge in [-0.05, 0) is 42.5 Å². The van der Waals surface area contributed by atoms with Crippen LogP contribution in [0.4, 0.5) is 16.2 Å². The van der Waals surface area contributed by atoms with Gasteiger partial charge in [-0.1, -0.05) is 54.6 Å². The standard InChI is InChI=1S/C28H24N2O3S2/c1-33-21-10-6-8-19(16-21)25(31)18-34-22-11-7-9-20(17-22)29-28(32)30-23-12-2-4-14-26(23)35-27-15-5-3-13-24(27)30/h2-17,23,26H,18H2,1H3,(H,29,32). The summed E-state index contributed by atoms with van der Waals surface area (Å²) in [5.41, 5.74) is 2.22. The maximum Gasteiger partial charge on any atom is 0.326 e. The maximum absolute atomic E-state index is 13.5. The van der Waals surface area contributed by atoms with E-state index in [9.17, 15) is 9.59 Å². The van der Waals surface area contributed by atoms with Crippen molar-refractivity contribution in [2.24, 2.45) is 0 Å². The fourth-order valence-electron chi connectivity index (χ4n) is 4.10. The first-order valence-corrected chi connectivity index (χ1v) is 13.1. The Bertz CT molecular complexity index is 1320. The molecule has 5 rings (SSSR count). The second-order valence-electron chi connectivity index (χ2n) is 8.08. The van der Waals surface area contributed by atoms with E-state index in [0.717, 1.165) is 15.5 Å². The second kappa shape index (κ2) is 10.5. The number of urea groups is 1. The molecule has 0 radical (unpaired) electrons. The first-order chi connectivity index (χ1) is 17.1. The minimum absolute atomic E-state index is 0.0222. The molecule has 2 amide bonds. The fraction of sp³-hybridized carbons (Fsp3) is 0.143. The van der Waals surface area contributed by atoms with Crippen molar-refractivity contribution in [2.75, 3.05) is 23.1 Å². The zero-order valence-electron chi connectivity index (χ0n) is 19.1. The largest absolute Gasteiger partial charge is 0.497 e. The van der Waals surface area contributed by atoms with Crippen molar-refractivity contribution >= 4 is 46.7 Å². The van der Waals surface area contributed by atoms with Crippen LogP contribution in [-0.2, 0) is 0 Å². The molecule has 176 valence electrons. The summed E-state index contributed by atoms with van der Waals surface area (Å²) in [5.74, 6) is 0.977. The molecule has 0 saturated heterocycles. The van der Waals surface area contributed by atoms with Crippen LogP contribution < -0.4 is 15.0 Å². The van der Waals surface area contributed by atoms with E-state index in [0.29, 0.717) is 22.8 Å². The predicted molar refractivity (Wildman–Crippen MR) is 144 cm³/mol. The Labute approximate surface area is 213 Å². The van der Waals surface area contributed by atoms with Gasteiger partial charge in [-0.15, -0.1) is 23.5 Å². The summed E-state index contributed by atoms with van der Waals surface area (Å²) in [7, 11) is 1.58. The predicted octanol–water partition coefficient (Wildman–Crippen LogP) is 6.68. The normalized spacial score (nSPS) is 17.9. The van der Waals surface area contributed by atoms with Gasteiger partial charge in [-0.3, -0.25) is 9.69 Å². The lowest BCUT2D eigenvalue weighted by atomic mass is 10.1. The Morgan fingerprint density at radius 3 is 2.71 bits per heavy atom. The number of carbonyl (C=O) groups excluding carboxylic acids is 2. The van der Waals surface area contributed by atoms with Crippen LogP contribution in [0.15, 0.2) is 107 Å². The van der Waals surface area contributed by atoms with Gasteiger partial charge < -0.3 is 10.1 Å². The number of thioether (sulfide) groups is 2. The highest BCUT2D eigenvalue weighted by Crippen LogP contribution is 2.43. The number of allylic oxidation sites excluding steroid dienone is 2. The number of benzene rings is 3. The van der Waals surface area contributed by atoms with E-state index >= 15 is 0 Å². The van der Waals surface area contributed by atoms with Crippen molar-refractivity contribution < 1.29 is 14.3 Å². The molecule has 0 saturated carbocycles. The zero-order chi connectivity index (χ0) is 24.2. The van der Waals surface area contributed by atoms with Crippen LogP contribution in [0.3, 0.4) is 0 Å². The number of ether oxygens (including phenoxy) is 1. The number of para-hydroxylation sites is 1. The summed E-state index contributed by atoms with van der Waals surface area (Å²) in [6, 6.07) is 22.5. The van der Waals surface area contributed by atoms with Gasteiger partial charge in [0, 0.05) is 21.0 Å². The van der Waals surface area contributed by atoms with Gasteiger partial charge in [-0.2, -0.15) is 0 Å². The van der Waals surface area contributed by atoms with Crippen molar-refractivity contribution in [3.8, 4) is 5.75 Å². The Balaban J connectivity index is 1.29. The number of carbonyl (C=O) groups is 2. The van der Waals surface area contributed by atoms with Crippen LogP contribution >= 0.6 is 23.5 Å². The molecular formula is C28H24N2O3S2. The number of ketones is 1. The molecule has 1 heterocycles. The first kappa shape index (κ1) is 23.3. The Hall–Kier alpha value is -3.42. The summed E-state index contributed by atoms with van der Waals surface area (Å²) in [6.45, 7) is 0. The second-order valence-corrected chi connectivity index (χ2v) is 10.4. The minimum Gasteiger partial charge on any atom is -0.497 e. The van der Waals surface area contributed by atoms with E-state index in [4.69, 9.17) is 4.74 Å². The van der Waals surface area contributed by atoms with Gasteiger partial charge >= 0.3 is 6.03 Å². The molecule has 1 aliphatic carbocycles. The van der Waals surface area contributed by atoms with E-state index in [2.05, 4.69) is 23.5 Å². The Morgan fingerprint density at radius 2 is 1.83 bits per heavy atom. The SMILES string of the molecule is COc1cccc(C(=O)CSc2cccc(NC(=O)N3c4ccccc4SC4C=CC=CC43)c2)c1. The van der Waals surface area contributed by atoms with Crippen molar-refractivity contribution in [3.63, 3.8) is 0 Å². The van der Waals surface area contributed by atoms with E-state index in [-0.39, 0.29) is 23.1 Å². The highest BCUT2D eigenvalue weighted by Gasteiger charge is 2.36. The molecule has 3 aromatic rings. The van der Waals surface area contributed by atoms with Crippen LogP contribution in [0.25, 0.3) is 0 Å². The van der Waals surface area contributed by atoms with Crippen LogP contribution in [0.5, 0.6) is 5.75 Å². The number of anilines is 2. The van der Waals surface area contributed by atoms with Crippen LogP contribution in [-0.4, -0.2) is 36.0 Å². The zero-order valence-corrected chi connectivity index (χ0v) is 20.7. The third-order valence-electron chi connectivity index (χ3n) is 5.81. The molecule has 35 heavy (non-hydrogen) atoms. The molecule has 0 fully saturated rings. The van der Waals surface area contributed by atoms with Crippen molar-refractivity contribution in [1.82, 2.24) is 0 Å². The molecule has 5 nitrogen and oxygen atoms in total. The smallest absolute Gasteiger partial charge is 0.326 e.